The summed E-state index contributed by atoms with van der Waals surface area (Å²) in [5.74, 6) is -0.227. The van der Waals surface area contributed by atoms with Crippen LogP contribution >= 0.6 is 27.5 Å². The SMILES string of the molecule is Fc1cc(Cl)ccc1CCC(Br)c1ccccc1. The molecule has 0 aliphatic carbocycles. The van der Waals surface area contributed by atoms with Crippen molar-refractivity contribution >= 4 is 27.5 Å². The molecule has 0 aliphatic heterocycles. The zero-order valence-corrected chi connectivity index (χ0v) is 12.1. The van der Waals surface area contributed by atoms with Crippen LogP contribution in [0.15, 0.2) is 48.5 Å². The zero-order valence-electron chi connectivity index (χ0n) is 9.74. The first-order valence-corrected chi connectivity index (χ1v) is 7.09. The van der Waals surface area contributed by atoms with E-state index in [0.717, 1.165) is 6.42 Å². The molecule has 0 saturated heterocycles. The highest BCUT2D eigenvalue weighted by Crippen LogP contribution is 2.28. The predicted octanol–water partition coefficient (Wildman–Crippen LogP) is 5.55. The monoisotopic (exact) mass is 326 g/mol. The first-order chi connectivity index (χ1) is 8.66. The molecule has 0 heterocycles. The van der Waals surface area contributed by atoms with Crippen molar-refractivity contribution in [3.63, 3.8) is 0 Å². The third-order valence-corrected chi connectivity index (χ3v) is 4.07. The van der Waals surface area contributed by atoms with Gasteiger partial charge in [-0.15, -0.1) is 0 Å². The van der Waals surface area contributed by atoms with E-state index in [9.17, 15) is 4.39 Å². The fourth-order valence-electron chi connectivity index (χ4n) is 1.84. The van der Waals surface area contributed by atoms with E-state index in [1.54, 1.807) is 12.1 Å². The molecule has 0 aromatic heterocycles. The lowest BCUT2D eigenvalue weighted by Gasteiger charge is -2.10. The van der Waals surface area contributed by atoms with Gasteiger partial charge in [0.15, 0.2) is 0 Å². The van der Waals surface area contributed by atoms with Gasteiger partial charge in [0.25, 0.3) is 0 Å². The molecule has 2 aromatic carbocycles. The van der Waals surface area contributed by atoms with E-state index in [-0.39, 0.29) is 10.6 Å². The Bertz CT molecular complexity index is 513. The average Bonchev–Trinajstić information content (AvgIpc) is 2.38. The van der Waals surface area contributed by atoms with Crippen LogP contribution in [-0.2, 0) is 6.42 Å². The van der Waals surface area contributed by atoms with Crippen LogP contribution in [-0.4, -0.2) is 0 Å². The van der Waals surface area contributed by atoms with E-state index in [4.69, 9.17) is 11.6 Å². The van der Waals surface area contributed by atoms with Crippen LogP contribution in [0.2, 0.25) is 5.02 Å². The third-order valence-electron chi connectivity index (χ3n) is 2.84. The van der Waals surface area contributed by atoms with Crippen molar-refractivity contribution in [2.45, 2.75) is 17.7 Å². The van der Waals surface area contributed by atoms with Crippen molar-refractivity contribution in [1.82, 2.24) is 0 Å². The van der Waals surface area contributed by atoms with E-state index in [2.05, 4.69) is 28.1 Å². The fraction of sp³-hybridized carbons (Fsp3) is 0.200. The Morgan fingerprint density at radius 1 is 1.11 bits per heavy atom. The van der Waals surface area contributed by atoms with E-state index in [1.165, 1.54) is 11.6 Å². The van der Waals surface area contributed by atoms with Crippen LogP contribution in [0.25, 0.3) is 0 Å². The van der Waals surface area contributed by atoms with E-state index < -0.39 is 0 Å². The largest absolute Gasteiger partial charge is 0.207 e. The minimum absolute atomic E-state index is 0.227. The van der Waals surface area contributed by atoms with Gasteiger partial charge in [0.05, 0.1) is 0 Å². The van der Waals surface area contributed by atoms with Gasteiger partial charge < -0.3 is 0 Å². The third kappa shape index (κ3) is 3.56. The number of benzene rings is 2. The number of alkyl halides is 1. The van der Waals surface area contributed by atoms with Gasteiger partial charge in [-0.1, -0.05) is 63.9 Å². The average molecular weight is 328 g/mol. The predicted molar refractivity (Wildman–Crippen MR) is 77.8 cm³/mol. The topological polar surface area (TPSA) is 0 Å². The van der Waals surface area contributed by atoms with Crippen LogP contribution in [0.4, 0.5) is 4.39 Å². The Morgan fingerprint density at radius 3 is 2.50 bits per heavy atom. The number of aryl methyl sites for hydroxylation is 1. The Kier molecular flexibility index (Phi) is 4.79. The maximum atomic E-state index is 13.6. The molecule has 1 unspecified atom stereocenters. The van der Waals surface area contributed by atoms with E-state index >= 15 is 0 Å². The molecule has 0 spiro atoms. The summed E-state index contributed by atoms with van der Waals surface area (Å²) in [6.45, 7) is 0. The Hall–Kier alpha value is -0.860. The van der Waals surface area contributed by atoms with Gasteiger partial charge in [0, 0.05) is 9.85 Å². The van der Waals surface area contributed by atoms with Crippen molar-refractivity contribution < 1.29 is 4.39 Å². The number of hydrogen-bond acceptors (Lipinski definition) is 0. The second-order valence-corrected chi connectivity index (χ2v) is 5.69. The zero-order chi connectivity index (χ0) is 13.0. The maximum Gasteiger partial charge on any atom is 0.127 e. The summed E-state index contributed by atoms with van der Waals surface area (Å²) in [5.41, 5.74) is 1.92. The first-order valence-electron chi connectivity index (χ1n) is 5.80. The molecule has 2 rings (SSSR count). The first kappa shape index (κ1) is 13.6. The van der Waals surface area contributed by atoms with Crippen molar-refractivity contribution in [3.8, 4) is 0 Å². The summed E-state index contributed by atoms with van der Waals surface area (Å²) in [4.78, 5) is 0.244. The number of halogens is 3. The van der Waals surface area contributed by atoms with Gasteiger partial charge in [0.2, 0.25) is 0 Å². The molecule has 3 heteroatoms. The molecule has 0 saturated carbocycles. The van der Waals surface area contributed by atoms with Gasteiger partial charge in [-0.2, -0.15) is 0 Å². The second-order valence-electron chi connectivity index (χ2n) is 4.15. The molecule has 0 bridgehead atoms. The van der Waals surface area contributed by atoms with Gasteiger partial charge >= 0.3 is 0 Å². The Balaban J connectivity index is 1.99. The lowest BCUT2D eigenvalue weighted by atomic mass is 10.0. The van der Waals surface area contributed by atoms with Crippen LogP contribution in [0, 0.1) is 5.82 Å². The Labute approximate surface area is 120 Å². The number of rotatable bonds is 4. The minimum atomic E-state index is -0.227. The standard InChI is InChI=1S/C15H13BrClF/c16-14(11-4-2-1-3-5-11)9-7-12-6-8-13(17)10-15(12)18/h1-6,8,10,14H,7,9H2. The molecular formula is C15H13BrClF. The number of hydrogen-bond donors (Lipinski definition) is 0. The van der Waals surface area contributed by atoms with Gasteiger partial charge in [-0.05, 0) is 36.1 Å². The smallest absolute Gasteiger partial charge is 0.127 e. The highest BCUT2D eigenvalue weighted by atomic mass is 79.9. The van der Waals surface area contributed by atoms with Crippen molar-refractivity contribution in [1.29, 1.82) is 0 Å². The molecule has 0 nitrogen and oxygen atoms in total. The normalized spacial score (nSPS) is 12.4. The quantitative estimate of drug-likeness (QED) is 0.646. The summed E-state index contributed by atoms with van der Waals surface area (Å²) in [6, 6.07) is 15.0. The molecule has 0 N–H and O–H groups in total. The highest BCUT2D eigenvalue weighted by molar-refractivity contribution is 9.09. The molecule has 0 fully saturated rings. The molecule has 1 atom stereocenters. The molecule has 0 radical (unpaired) electrons. The lowest BCUT2D eigenvalue weighted by Crippen LogP contribution is -1.96. The summed E-state index contributed by atoms with van der Waals surface area (Å²) >= 11 is 9.36. The Morgan fingerprint density at radius 2 is 1.83 bits per heavy atom. The molecule has 94 valence electrons. The molecular weight excluding hydrogens is 315 g/mol. The van der Waals surface area contributed by atoms with Crippen molar-refractivity contribution in [2.24, 2.45) is 0 Å². The summed E-state index contributed by atoms with van der Waals surface area (Å²) in [7, 11) is 0. The summed E-state index contributed by atoms with van der Waals surface area (Å²) in [5, 5.41) is 0.440. The van der Waals surface area contributed by atoms with Gasteiger partial charge in [-0.3, -0.25) is 0 Å². The lowest BCUT2D eigenvalue weighted by molar-refractivity contribution is 0.604. The van der Waals surface area contributed by atoms with Crippen LogP contribution in [0.1, 0.15) is 22.4 Å². The molecule has 0 amide bonds. The highest BCUT2D eigenvalue weighted by Gasteiger charge is 2.09. The van der Waals surface area contributed by atoms with E-state index in [0.29, 0.717) is 17.0 Å². The molecule has 2 aromatic rings. The van der Waals surface area contributed by atoms with Crippen molar-refractivity contribution in [3.05, 3.63) is 70.5 Å². The van der Waals surface area contributed by atoms with E-state index in [1.807, 2.05) is 18.2 Å². The minimum Gasteiger partial charge on any atom is -0.207 e. The summed E-state index contributed by atoms with van der Waals surface area (Å²) in [6.07, 6.45) is 1.54. The van der Waals surface area contributed by atoms with Crippen molar-refractivity contribution in [2.75, 3.05) is 0 Å². The van der Waals surface area contributed by atoms with Crippen LogP contribution in [0.3, 0.4) is 0 Å². The van der Waals surface area contributed by atoms with Gasteiger partial charge in [0.1, 0.15) is 5.82 Å². The molecule has 18 heavy (non-hydrogen) atoms. The van der Waals surface area contributed by atoms with Crippen LogP contribution in [0.5, 0.6) is 0 Å². The molecule has 0 aliphatic rings. The maximum absolute atomic E-state index is 13.6. The summed E-state index contributed by atoms with van der Waals surface area (Å²) < 4.78 is 13.6. The fourth-order valence-corrected chi connectivity index (χ4v) is 2.53. The second kappa shape index (κ2) is 6.35. The van der Waals surface area contributed by atoms with Gasteiger partial charge in [-0.25, -0.2) is 4.39 Å². The van der Waals surface area contributed by atoms with Crippen LogP contribution < -0.4 is 0 Å².